The zero-order chi connectivity index (χ0) is 16.1. The van der Waals surface area contributed by atoms with Crippen LogP contribution in [-0.4, -0.2) is 37.1 Å². The Morgan fingerprint density at radius 1 is 0.958 bits per heavy atom. The van der Waals surface area contributed by atoms with Gasteiger partial charge in [0.25, 0.3) is 0 Å². The standard InChI is InChI=1S/C20H23NO2.ClH/c1-21-14-12-18(13-15-21)23-20(22)19(16-8-4-2-5-9-16)17-10-6-3-7-11-17;/h2-11,18-19H,12-15H2,1H3;1H. The second-order valence-electron chi connectivity index (χ2n) is 6.19. The van der Waals surface area contributed by atoms with Crippen molar-refractivity contribution in [2.75, 3.05) is 20.1 Å². The highest BCUT2D eigenvalue weighted by molar-refractivity contribution is 5.85. The molecule has 0 amide bonds. The van der Waals surface area contributed by atoms with Gasteiger partial charge in [-0.15, -0.1) is 12.4 Å². The van der Waals surface area contributed by atoms with Crippen molar-refractivity contribution >= 4 is 18.4 Å². The molecule has 1 saturated heterocycles. The van der Waals surface area contributed by atoms with E-state index in [0.29, 0.717) is 0 Å². The Hall–Kier alpha value is -1.84. The highest BCUT2D eigenvalue weighted by atomic mass is 35.5. The second-order valence-corrected chi connectivity index (χ2v) is 6.19. The predicted molar refractivity (Wildman–Crippen MR) is 98.6 cm³/mol. The lowest BCUT2D eigenvalue weighted by Gasteiger charge is -2.30. The molecule has 3 nitrogen and oxygen atoms in total. The lowest BCUT2D eigenvalue weighted by atomic mass is 9.91. The molecule has 2 aromatic carbocycles. The maximum absolute atomic E-state index is 12.9. The molecule has 0 aromatic heterocycles. The molecular formula is C20H24ClNO2. The topological polar surface area (TPSA) is 29.5 Å². The van der Waals surface area contributed by atoms with E-state index in [1.165, 1.54) is 0 Å². The Labute approximate surface area is 150 Å². The number of carbonyl (C=O) groups is 1. The van der Waals surface area contributed by atoms with Crippen LogP contribution < -0.4 is 0 Å². The van der Waals surface area contributed by atoms with Crippen LogP contribution in [-0.2, 0) is 9.53 Å². The molecule has 1 aliphatic heterocycles. The summed E-state index contributed by atoms with van der Waals surface area (Å²) in [5.41, 5.74) is 1.97. The van der Waals surface area contributed by atoms with Crippen LogP contribution in [0.5, 0.6) is 0 Å². The van der Waals surface area contributed by atoms with Gasteiger partial charge in [0.1, 0.15) is 12.0 Å². The van der Waals surface area contributed by atoms with Crippen molar-refractivity contribution < 1.29 is 9.53 Å². The number of nitrogens with zero attached hydrogens (tertiary/aromatic N) is 1. The molecule has 4 heteroatoms. The first kappa shape index (κ1) is 18.5. The van der Waals surface area contributed by atoms with Crippen LogP contribution in [0.4, 0.5) is 0 Å². The fourth-order valence-corrected chi connectivity index (χ4v) is 3.09. The smallest absolute Gasteiger partial charge is 0.318 e. The zero-order valence-electron chi connectivity index (χ0n) is 13.9. The monoisotopic (exact) mass is 345 g/mol. The third kappa shape index (κ3) is 4.59. The van der Waals surface area contributed by atoms with Crippen LogP contribution in [0.15, 0.2) is 60.7 Å². The van der Waals surface area contributed by atoms with Gasteiger partial charge < -0.3 is 9.64 Å². The van der Waals surface area contributed by atoms with Crippen molar-refractivity contribution in [1.29, 1.82) is 0 Å². The summed E-state index contributed by atoms with van der Waals surface area (Å²) in [4.78, 5) is 15.1. The van der Waals surface area contributed by atoms with Gasteiger partial charge in [-0.3, -0.25) is 4.79 Å². The molecule has 2 aromatic rings. The summed E-state index contributed by atoms with van der Waals surface area (Å²) in [5, 5.41) is 0. The largest absolute Gasteiger partial charge is 0.462 e. The minimum Gasteiger partial charge on any atom is -0.462 e. The molecule has 0 N–H and O–H groups in total. The average Bonchev–Trinajstić information content (AvgIpc) is 2.59. The highest BCUT2D eigenvalue weighted by Gasteiger charge is 2.28. The van der Waals surface area contributed by atoms with Gasteiger partial charge in [0, 0.05) is 13.1 Å². The molecule has 128 valence electrons. The van der Waals surface area contributed by atoms with Crippen LogP contribution in [0.3, 0.4) is 0 Å². The molecule has 0 radical (unpaired) electrons. The summed E-state index contributed by atoms with van der Waals surface area (Å²) >= 11 is 0. The van der Waals surface area contributed by atoms with Crippen molar-refractivity contribution in [3.8, 4) is 0 Å². The molecule has 1 fully saturated rings. The number of hydrogen-bond acceptors (Lipinski definition) is 3. The number of piperidine rings is 1. The summed E-state index contributed by atoms with van der Waals surface area (Å²) in [6.45, 7) is 1.97. The average molecular weight is 346 g/mol. The van der Waals surface area contributed by atoms with E-state index in [9.17, 15) is 4.79 Å². The molecule has 0 saturated carbocycles. The molecule has 1 heterocycles. The number of esters is 1. The van der Waals surface area contributed by atoms with Gasteiger partial charge in [-0.05, 0) is 31.0 Å². The Morgan fingerprint density at radius 2 is 1.42 bits per heavy atom. The lowest BCUT2D eigenvalue weighted by Crippen LogP contribution is -2.36. The molecule has 1 aliphatic rings. The van der Waals surface area contributed by atoms with E-state index >= 15 is 0 Å². The SMILES string of the molecule is CN1CCC(OC(=O)C(c2ccccc2)c2ccccc2)CC1.Cl. The van der Waals surface area contributed by atoms with E-state index in [0.717, 1.165) is 37.1 Å². The van der Waals surface area contributed by atoms with Crippen molar-refractivity contribution in [1.82, 2.24) is 4.90 Å². The summed E-state index contributed by atoms with van der Waals surface area (Å²) in [6, 6.07) is 19.8. The van der Waals surface area contributed by atoms with Crippen molar-refractivity contribution in [2.45, 2.75) is 24.9 Å². The van der Waals surface area contributed by atoms with E-state index in [2.05, 4.69) is 11.9 Å². The van der Waals surface area contributed by atoms with Crippen molar-refractivity contribution in [2.24, 2.45) is 0 Å². The molecular weight excluding hydrogens is 322 g/mol. The molecule has 3 rings (SSSR count). The van der Waals surface area contributed by atoms with Crippen LogP contribution >= 0.6 is 12.4 Å². The minimum atomic E-state index is -0.350. The van der Waals surface area contributed by atoms with Crippen molar-refractivity contribution in [3.63, 3.8) is 0 Å². The van der Waals surface area contributed by atoms with E-state index in [4.69, 9.17) is 4.74 Å². The van der Waals surface area contributed by atoms with E-state index in [-0.39, 0.29) is 30.4 Å². The Bertz CT molecular complexity index is 585. The van der Waals surface area contributed by atoms with E-state index < -0.39 is 0 Å². The van der Waals surface area contributed by atoms with Gasteiger partial charge in [0.05, 0.1) is 0 Å². The summed E-state index contributed by atoms with van der Waals surface area (Å²) in [5.74, 6) is -0.492. The first-order valence-electron chi connectivity index (χ1n) is 8.23. The number of hydrogen-bond donors (Lipinski definition) is 0. The zero-order valence-corrected chi connectivity index (χ0v) is 14.7. The van der Waals surface area contributed by atoms with Crippen LogP contribution in [0, 0.1) is 0 Å². The summed E-state index contributed by atoms with van der Waals surface area (Å²) in [6.07, 6.45) is 1.87. The van der Waals surface area contributed by atoms with Crippen molar-refractivity contribution in [3.05, 3.63) is 71.8 Å². The van der Waals surface area contributed by atoms with Gasteiger partial charge in [-0.1, -0.05) is 60.7 Å². The van der Waals surface area contributed by atoms with Gasteiger partial charge in [-0.25, -0.2) is 0 Å². The number of benzene rings is 2. The third-order valence-corrected chi connectivity index (χ3v) is 4.45. The third-order valence-electron chi connectivity index (χ3n) is 4.45. The fourth-order valence-electron chi connectivity index (χ4n) is 3.09. The van der Waals surface area contributed by atoms with Gasteiger partial charge in [0.2, 0.25) is 0 Å². The first-order chi connectivity index (χ1) is 11.2. The summed E-state index contributed by atoms with van der Waals surface area (Å²) < 4.78 is 5.85. The van der Waals surface area contributed by atoms with Gasteiger partial charge in [-0.2, -0.15) is 0 Å². The molecule has 0 atom stereocenters. The predicted octanol–water partition coefficient (Wildman–Crippen LogP) is 3.88. The minimum absolute atomic E-state index is 0. The number of rotatable bonds is 4. The number of ether oxygens (including phenoxy) is 1. The molecule has 0 unspecified atom stereocenters. The Morgan fingerprint density at radius 3 is 1.88 bits per heavy atom. The van der Waals surface area contributed by atoms with E-state index in [1.807, 2.05) is 60.7 Å². The maximum Gasteiger partial charge on any atom is 0.318 e. The van der Waals surface area contributed by atoms with E-state index in [1.54, 1.807) is 0 Å². The maximum atomic E-state index is 12.9. The number of likely N-dealkylation sites (tertiary alicyclic amines) is 1. The quantitative estimate of drug-likeness (QED) is 0.788. The molecule has 0 aliphatic carbocycles. The normalized spacial score (nSPS) is 15.8. The molecule has 0 bridgehead atoms. The van der Waals surface area contributed by atoms with Crippen LogP contribution in [0.25, 0.3) is 0 Å². The van der Waals surface area contributed by atoms with Crippen LogP contribution in [0.1, 0.15) is 29.9 Å². The summed E-state index contributed by atoms with van der Waals surface area (Å²) in [7, 11) is 2.11. The fraction of sp³-hybridized carbons (Fsp3) is 0.350. The number of halogens is 1. The number of carbonyl (C=O) groups excluding carboxylic acids is 1. The first-order valence-corrected chi connectivity index (χ1v) is 8.23. The van der Waals surface area contributed by atoms with Gasteiger partial charge >= 0.3 is 5.97 Å². The molecule has 0 spiro atoms. The Balaban J connectivity index is 0.00000208. The molecule has 24 heavy (non-hydrogen) atoms. The van der Waals surface area contributed by atoms with Crippen LogP contribution in [0.2, 0.25) is 0 Å². The highest BCUT2D eigenvalue weighted by Crippen LogP contribution is 2.27. The second kappa shape index (κ2) is 8.86. The Kier molecular flexibility index (Phi) is 6.83. The lowest BCUT2D eigenvalue weighted by molar-refractivity contribution is -0.151. The van der Waals surface area contributed by atoms with Gasteiger partial charge in [0.15, 0.2) is 0 Å².